The van der Waals surface area contributed by atoms with E-state index in [1.807, 2.05) is 39.2 Å². The number of amides is 1. The van der Waals surface area contributed by atoms with Crippen LogP contribution in [0, 0.1) is 5.41 Å². The number of nitrogens with zero attached hydrogens (tertiary/aromatic N) is 2. The third-order valence-electron chi connectivity index (χ3n) is 5.36. The molecule has 0 unspecified atom stereocenters. The number of aliphatic hydroxyl groups is 1. The highest BCUT2D eigenvalue weighted by atomic mass is 127. The van der Waals surface area contributed by atoms with Gasteiger partial charge in [-0.3, -0.25) is 4.79 Å². The Balaban J connectivity index is 0.00000480. The summed E-state index contributed by atoms with van der Waals surface area (Å²) in [5.41, 5.74) is 0.620. The molecule has 0 bridgehead atoms. The van der Waals surface area contributed by atoms with Crippen molar-refractivity contribution in [2.45, 2.75) is 39.2 Å². The van der Waals surface area contributed by atoms with Crippen LogP contribution in [0.4, 0.5) is 0 Å². The van der Waals surface area contributed by atoms with E-state index in [0.717, 1.165) is 37.8 Å². The van der Waals surface area contributed by atoms with Gasteiger partial charge in [0, 0.05) is 27.2 Å². The van der Waals surface area contributed by atoms with Gasteiger partial charge >= 0.3 is 0 Å². The predicted octanol–water partition coefficient (Wildman–Crippen LogP) is 2.39. The lowest BCUT2D eigenvalue weighted by Gasteiger charge is -2.31. The normalized spacial score (nSPS) is 15.1. The van der Waals surface area contributed by atoms with Crippen LogP contribution in [0.25, 0.3) is 0 Å². The van der Waals surface area contributed by atoms with Gasteiger partial charge in [-0.2, -0.15) is 0 Å². The number of carbonyl (C=O) groups is 1. The first kappa shape index (κ1) is 27.3. The van der Waals surface area contributed by atoms with Crippen molar-refractivity contribution in [3.63, 3.8) is 0 Å². The number of aliphatic imine (C=N–C) groups is 1. The van der Waals surface area contributed by atoms with E-state index < -0.39 is 0 Å². The molecule has 0 radical (unpaired) electrons. The van der Waals surface area contributed by atoms with Crippen molar-refractivity contribution in [2.75, 3.05) is 47.5 Å². The number of aliphatic hydroxyl groups excluding tert-OH is 1. The Bertz CT molecular complexity index is 721. The van der Waals surface area contributed by atoms with Crippen LogP contribution < -0.4 is 20.1 Å². The largest absolute Gasteiger partial charge is 0.493 e. The number of methoxy groups -OCH3 is 1. The van der Waals surface area contributed by atoms with Crippen molar-refractivity contribution >= 4 is 35.8 Å². The van der Waals surface area contributed by atoms with Crippen LogP contribution in [0.2, 0.25) is 0 Å². The topological polar surface area (TPSA) is 95.4 Å². The molecule has 0 heterocycles. The molecule has 0 atom stereocenters. The second-order valence-corrected chi connectivity index (χ2v) is 7.79. The van der Waals surface area contributed by atoms with Crippen molar-refractivity contribution < 1.29 is 19.4 Å². The monoisotopic (exact) mass is 548 g/mol. The minimum absolute atomic E-state index is 0. The molecule has 8 nitrogen and oxygen atoms in total. The van der Waals surface area contributed by atoms with Crippen LogP contribution in [0.5, 0.6) is 11.5 Å². The van der Waals surface area contributed by atoms with E-state index in [0.29, 0.717) is 30.5 Å². The summed E-state index contributed by atoms with van der Waals surface area (Å²) < 4.78 is 10.9. The number of rotatable bonds is 10. The zero-order valence-electron chi connectivity index (χ0n) is 19.1. The summed E-state index contributed by atoms with van der Waals surface area (Å²) >= 11 is 0. The van der Waals surface area contributed by atoms with Gasteiger partial charge in [-0.05, 0) is 37.5 Å². The van der Waals surface area contributed by atoms with Crippen molar-refractivity contribution in [1.82, 2.24) is 15.5 Å². The molecule has 3 N–H and O–H groups in total. The van der Waals surface area contributed by atoms with Gasteiger partial charge in [0.05, 0.1) is 25.7 Å². The Kier molecular flexibility index (Phi) is 12.0. The van der Waals surface area contributed by atoms with Crippen LogP contribution >= 0.6 is 24.0 Å². The lowest BCUT2D eigenvalue weighted by atomic mass is 9.84. The molecule has 0 spiro atoms. The molecule has 0 aromatic heterocycles. The minimum Gasteiger partial charge on any atom is -0.493 e. The van der Waals surface area contributed by atoms with Gasteiger partial charge in [0.1, 0.15) is 6.61 Å². The summed E-state index contributed by atoms with van der Waals surface area (Å²) in [5, 5.41) is 15.6. The fourth-order valence-corrected chi connectivity index (χ4v) is 3.84. The van der Waals surface area contributed by atoms with Gasteiger partial charge in [-0.25, -0.2) is 4.99 Å². The fraction of sp³-hybridized carbons (Fsp3) is 0.636. The van der Waals surface area contributed by atoms with E-state index in [1.165, 1.54) is 0 Å². The second kappa shape index (κ2) is 13.6. The van der Waals surface area contributed by atoms with Crippen molar-refractivity contribution in [3.05, 3.63) is 23.8 Å². The number of nitrogens with one attached hydrogen (secondary N) is 2. The summed E-state index contributed by atoms with van der Waals surface area (Å²) in [6.07, 6.45) is 3.98. The zero-order chi connectivity index (χ0) is 22.0. The van der Waals surface area contributed by atoms with E-state index in [-0.39, 0.29) is 48.5 Å². The molecule has 1 aromatic rings. The average Bonchev–Trinajstić information content (AvgIpc) is 3.23. The molecule has 1 fully saturated rings. The van der Waals surface area contributed by atoms with Gasteiger partial charge in [0.25, 0.3) is 0 Å². The number of guanidine groups is 1. The Labute approximate surface area is 202 Å². The standard InChI is InChI=1S/C22H36N4O4.HI/c1-5-23-21(25-16-22(10-6-7-11-22)20(28)26(2)3)24-15-17-8-9-18(30-13-12-27)19(14-17)29-4;/h8-9,14,27H,5-7,10-13,15-16H2,1-4H3,(H2,23,24,25);1H. The number of carbonyl (C=O) groups excluding carboxylic acids is 1. The van der Waals surface area contributed by atoms with Crippen LogP contribution in [0.3, 0.4) is 0 Å². The molecule has 0 saturated heterocycles. The first-order chi connectivity index (χ1) is 14.5. The van der Waals surface area contributed by atoms with E-state index in [2.05, 4.69) is 15.6 Å². The molecule has 1 aliphatic carbocycles. The quantitative estimate of drug-likeness (QED) is 0.236. The summed E-state index contributed by atoms with van der Waals surface area (Å²) in [7, 11) is 5.23. The predicted molar refractivity (Wildman–Crippen MR) is 133 cm³/mol. The van der Waals surface area contributed by atoms with Gasteiger partial charge in [0.2, 0.25) is 5.91 Å². The Morgan fingerprint density at radius 2 is 1.94 bits per heavy atom. The number of hydrogen-bond acceptors (Lipinski definition) is 5. The molecule has 176 valence electrons. The highest BCUT2D eigenvalue weighted by Crippen LogP contribution is 2.38. The summed E-state index contributed by atoms with van der Waals surface area (Å²) in [6, 6.07) is 5.63. The summed E-state index contributed by atoms with van der Waals surface area (Å²) in [6.45, 7) is 3.95. The maximum absolute atomic E-state index is 12.8. The van der Waals surface area contributed by atoms with E-state index in [4.69, 9.17) is 14.6 Å². The van der Waals surface area contributed by atoms with Gasteiger partial charge < -0.3 is 30.1 Å². The lowest BCUT2D eigenvalue weighted by Crippen LogP contribution is -2.49. The molecule has 1 aromatic carbocycles. The van der Waals surface area contributed by atoms with Crippen molar-refractivity contribution in [3.8, 4) is 11.5 Å². The average molecular weight is 548 g/mol. The zero-order valence-corrected chi connectivity index (χ0v) is 21.4. The highest BCUT2D eigenvalue weighted by Gasteiger charge is 2.42. The Morgan fingerprint density at radius 1 is 1.23 bits per heavy atom. The lowest BCUT2D eigenvalue weighted by molar-refractivity contribution is -0.138. The van der Waals surface area contributed by atoms with Crippen molar-refractivity contribution in [1.29, 1.82) is 0 Å². The van der Waals surface area contributed by atoms with Crippen LogP contribution in [-0.2, 0) is 11.3 Å². The molecular formula is C22H37IN4O4. The maximum Gasteiger partial charge on any atom is 0.230 e. The number of halogens is 1. The molecule has 2 rings (SSSR count). The van der Waals surface area contributed by atoms with Crippen LogP contribution in [-0.4, -0.2) is 69.4 Å². The molecule has 1 saturated carbocycles. The van der Waals surface area contributed by atoms with E-state index >= 15 is 0 Å². The molecule has 9 heteroatoms. The van der Waals surface area contributed by atoms with Gasteiger partial charge in [-0.1, -0.05) is 18.9 Å². The smallest absolute Gasteiger partial charge is 0.230 e. The van der Waals surface area contributed by atoms with Gasteiger partial charge in [-0.15, -0.1) is 24.0 Å². The molecule has 1 aliphatic rings. The SMILES string of the molecule is CCNC(=NCc1ccc(OCCO)c(OC)c1)NCC1(C(=O)N(C)C)CCCC1.I. The third kappa shape index (κ3) is 7.71. The molecule has 0 aliphatic heterocycles. The highest BCUT2D eigenvalue weighted by molar-refractivity contribution is 14.0. The third-order valence-corrected chi connectivity index (χ3v) is 5.36. The summed E-state index contributed by atoms with van der Waals surface area (Å²) in [5.74, 6) is 2.08. The molecule has 1 amide bonds. The molecular weight excluding hydrogens is 511 g/mol. The number of hydrogen-bond donors (Lipinski definition) is 3. The fourth-order valence-electron chi connectivity index (χ4n) is 3.84. The first-order valence-electron chi connectivity index (χ1n) is 10.6. The Hall–Kier alpha value is -1.75. The minimum atomic E-state index is -0.353. The second-order valence-electron chi connectivity index (χ2n) is 7.79. The Morgan fingerprint density at radius 3 is 2.52 bits per heavy atom. The number of benzene rings is 1. The summed E-state index contributed by atoms with van der Waals surface area (Å²) in [4.78, 5) is 19.2. The van der Waals surface area contributed by atoms with Crippen LogP contribution in [0.15, 0.2) is 23.2 Å². The van der Waals surface area contributed by atoms with Gasteiger partial charge in [0.15, 0.2) is 17.5 Å². The van der Waals surface area contributed by atoms with E-state index in [9.17, 15) is 4.79 Å². The first-order valence-corrected chi connectivity index (χ1v) is 10.6. The maximum atomic E-state index is 12.8. The van der Waals surface area contributed by atoms with E-state index in [1.54, 1.807) is 12.0 Å². The van der Waals surface area contributed by atoms with Crippen molar-refractivity contribution in [2.24, 2.45) is 10.4 Å². The molecule has 31 heavy (non-hydrogen) atoms. The number of ether oxygens (including phenoxy) is 2. The van der Waals surface area contributed by atoms with Crippen LogP contribution in [0.1, 0.15) is 38.2 Å².